The first-order chi connectivity index (χ1) is 7.80. The minimum atomic E-state index is -0.398. The minimum absolute atomic E-state index is 0.170. The van der Waals surface area contributed by atoms with E-state index < -0.39 is 5.60 Å². The zero-order valence-electron chi connectivity index (χ0n) is 11.2. The predicted molar refractivity (Wildman–Crippen MR) is 66.7 cm³/mol. The van der Waals surface area contributed by atoms with Crippen LogP contribution in [-0.4, -0.2) is 35.7 Å². The van der Waals surface area contributed by atoms with Gasteiger partial charge < -0.3 is 15.4 Å². The van der Waals surface area contributed by atoms with Crippen molar-refractivity contribution in [2.24, 2.45) is 11.1 Å². The van der Waals surface area contributed by atoms with Gasteiger partial charge in [0, 0.05) is 19.1 Å². The van der Waals surface area contributed by atoms with Crippen LogP contribution in [-0.2, 0) is 4.74 Å². The molecule has 0 bridgehead atoms. The zero-order chi connectivity index (χ0) is 12.7. The molecular weight excluding hydrogens is 216 g/mol. The first-order valence-electron chi connectivity index (χ1n) is 6.53. The van der Waals surface area contributed by atoms with Crippen LogP contribution in [0.15, 0.2) is 0 Å². The Morgan fingerprint density at radius 3 is 2.24 bits per heavy atom. The molecule has 98 valence electrons. The molecule has 1 spiro atoms. The summed E-state index contributed by atoms with van der Waals surface area (Å²) in [5, 5.41) is 0. The van der Waals surface area contributed by atoms with E-state index in [0.717, 1.165) is 38.8 Å². The lowest BCUT2D eigenvalue weighted by Gasteiger charge is -2.51. The summed E-state index contributed by atoms with van der Waals surface area (Å²) in [6.45, 7) is 7.35. The van der Waals surface area contributed by atoms with Gasteiger partial charge in [0.1, 0.15) is 5.60 Å². The van der Waals surface area contributed by atoms with E-state index in [9.17, 15) is 4.79 Å². The topological polar surface area (TPSA) is 55.6 Å². The predicted octanol–water partition coefficient (Wildman–Crippen LogP) is 2.12. The average Bonchev–Trinajstić information content (AvgIpc) is 2.14. The number of hydrogen-bond donors (Lipinski definition) is 1. The molecule has 2 aliphatic rings. The van der Waals surface area contributed by atoms with Gasteiger partial charge >= 0.3 is 6.09 Å². The molecule has 0 atom stereocenters. The van der Waals surface area contributed by atoms with Crippen LogP contribution in [0.25, 0.3) is 0 Å². The summed E-state index contributed by atoms with van der Waals surface area (Å²) in [6.07, 6.45) is 4.26. The van der Waals surface area contributed by atoms with Gasteiger partial charge in [-0.25, -0.2) is 4.79 Å². The van der Waals surface area contributed by atoms with Crippen LogP contribution >= 0.6 is 0 Å². The van der Waals surface area contributed by atoms with Gasteiger partial charge in [0.05, 0.1) is 0 Å². The summed E-state index contributed by atoms with van der Waals surface area (Å²) in [5.74, 6) is 0. The van der Waals surface area contributed by atoms with Crippen LogP contribution in [0.3, 0.4) is 0 Å². The van der Waals surface area contributed by atoms with Gasteiger partial charge in [-0.15, -0.1) is 0 Å². The van der Waals surface area contributed by atoms with Gasteiger partial charge in [0.25, 0.3) is 0 Å². The largest absolute Gasteiger partial charge is 0.444 e. The zero-order valence-corrected chi connectivity index (χ0v) is 11.2. The third-order valence-electron chi connectivity index (χ3n) is 3.87. The van der Waals surface area contributed by atoms with E-state index in [1.54, 1.807) is 0 Å². The van der Waals surface area contributed by atoms with Crippen molar-refractivity contribution in [1.82, 2.24) is 4.90 Å². The van der Waals surface area contributed by atoms with Crippen molar-refractivity contribution >= 4 is 6.09 Å². The smallest absolute Gasteiger partial charge is 0.410 e. The minimum Gasteiger partial charge on any atom is -0.444 e. The lowest BCUT2D eigenvalue weighted by atomic mass is 9.61. The Bertz CT molecular complexity index is 293. The van der Waals surface area contributed by atoms with Crippen molar-refractivity contribution in [3.05, 3.63) is 0 Å². The van der Waals surface area contributed by atoms with E-state index >= 15 is 0 Å². The fraction of sp³-hybridized carbons (Fsp3) is 0.923. The molecule has 17 heavy (non-hydrogen) atoms. The van der Waals surface area contributed by atoms with Crippen molar-refractivity contribution in [2.45, 2.75) is 58.1 Å². The molecule has 0 aromatic heterocycles. The summed E-state index contributed by atoms with van der Waals surface area (Å²) in [7, 11) is 0. The normalized spacial score (nSPS) is 24.6. The summed E-state index contributed by atoms with van der Waals surface area (Å²) in [5.41, 5.74) is 5.90. The molecule has 0 aromatic rings. The summed E-state index contributed by atoms with van der Waals surface area (Å²) < 4.78 is 5.38. The molecule has 0 radical (unpaired) electrons. The molecule has 1 aliphatic heterocycles. The highest BCUT2D eigenvalue weighted by Crippen LogP contribution is 2.48. The maximum absolute atomic E-state index is 11.9. The van der Waals surface area contributed by atoms with E-state index in [-0.39, 0.29) is 6.09 Å². The highest BCUT2D eigenvalue weighted by Gasteiger charge is 2.45. The number of likely N-dealkylation sites (tertiary alicyclic amines) is 1. The second-order valence-electron chi connectivity index (χ2n) is 6.64. The molecule has 4 heteroatoms. The number of amides is 1. The number of nitrogens with zero attached hydrogens (tertiary/aromatic N) is 1. The third-order valence-corrected chi connectivity index (χ3v) is 3.87. The van der Waals surface area contributed by atoms with Crippen LogP contribution in [0, 0.1) is 5.41 Å². The highest BCUT2D eigenvalue weighted by molar-refractivity contribution is 5.68. The number of rotatable bonds is 0. The molecule has 1 heterocycles. The molecule has 0 aromatic carbocycles. The second kappa shape index (κ2) is 4.16. The first kappa shape index (κ1) is 12.7. The molecule has 1 amide bonds. The van der Waals surface area contributed by atoms with Crippen molar-refractivity contribution in [3.8, 4) is 0 Å². The molecular formula is C13H24N2O2. The van der Waals surface area contributed by atoms with Crippen LogP contribution < -0.4 is 5.73 Å². The summed E-state index contributed by atoms with van der Waals surface area (Å²) in [6, 6.07) is 0.392. The Labute approximate surface area is 103 Å². The van der Waals surface area contributed by atoms with Crippen LogP contribution in [0.1, 0.15) is 46.5 Å². The summed E-state index contributed by atoms with van der Waals surface area (Å²) in [4.78, 5) is 13.7. The first-order valence-corrected chi connectivity index (χ1v) is 6.53. The van der Waals surface area contributed by atoms with E-state index in [2.05, 4.69) is 0 Å². The van der Waals surface area contributed by atoms with Crippen LogP contribution in [0.5, 0.6) is 0 Å². The average molecular weight is 240 g/mol. The molecule has 1 saturated heterocycles. The number of carbonyl (C=O) groups is 1. The molecule has 2 N–H and O–H groups in total. The van der Waals surface area contributed by atoms with Gasteiger partial charge in [0.2, 0.25) is 0 Å². The molecule has 2 rings (SSSR count). The van der Waals surface area contributed by atoms with Crippen LogP contribution in [0.4, 0.5) is 4.79 Å². The van der Waals surface area contributed by atoms with E-state index in [4.69, 9.17) is 10.5 Å². The third kappa shape index (κ3) is 2.92. The van der Waals surface area contributed by atoms with Gasteiger partial charge in [-0.2, -0.15) is 0 Å². The van der Waals surface area contributed by atoms with Gasteiger partial charge in [-0.1, -0.05) is 0 Å². The molecule has 1 aliphatic carbocycles. The number of carbonyl (C=O) groups excluding carboxylic acids is 1. The monoisotopic (exact) mass is 240 g/mol. The van der Waals surface area contributed by atoms with Crippen molar-refractivity contribution in [1.29, 1.82) is 0 Å². The van der Waals surface area contributed by atoms with E-state index in [1.807, 2.05) is 25.7 Å². The van der Waals surface area contributed by atoms with Crippen molar-refractivity contribution < 1.29 is 9.53 Å². The number of ether oxygens (including phenoxy) is 1. The fourth-order valence-electron chi connectivity index (χ4n) is 2.95. The Morgan fingerprint density at radius 2 is 1.82 bits per heavy atom. The molecule has 0 unspecified atom stereocenters. The van der Waals surface area contributed by atoms with Crippen molar-refractivity contribution in [2.75, 3.05) is 13.1 Å². The quantitative estimate of drug-likeness (QED) is 0.705. The van der Waals surface area contributed by atoms with Gasteiger partial charge in [-0.3, -0.25) is 0 Å². The SMILES string of the molecule is CC(C)(C)OC(=O)N1CCC2(CC1)CC(N)C2. The number of hydrogen-bond acceptors (Lipinski definition) is 3. The second-order valence-corrected chi connectivity index (χ2v) is 6.64. The number of piperidine rings is 1. The van der Waals surface area contributed by atoms with Gasteiger partial charge in [0.15, 0.2) is 0 Å². The Kier molecular flexibility index (Phi) is 3.10. The van der Waals surface area contributed by atoms with Gasteiger partial charge in [-0.05, 0) is 51.9 Å². The molecule has 4 nitrogen and oxygen atoms in total. The fourth-order valence-corrected chi connectivity index (χ4v) is 2.95. The Balaban J connectivity index is 1.81. The number of nitrogens with two attached hydrogens (primary N) is 1. The molecule has 2 fully saturated rings. The summed E-state index contributed by atoms with van der Waals surface area (Å²) >= 11 is 0. The Hall–Kier alpha value is -0.770. The highest BCUT2D eigenvalue weighted by atomic mass is 16.6. The van der Waals surface area contributed by atoms with E-state index in [0.29, 0.717) is 11.5 Å². The van der Waals surface area contributed by atoms with Crippen LogP contribution in [0.2, 0.25) is 0 Å². The standard InChI is InChI=1S/C13H24N2O2/c1-12(2,3)17-11(16)15-6-4-13(5-7-15)8-10(14)9-13/h10H,4-9,14H2,1-3H3. The lowest BCUT2D eigenvalue weighted by molar-refractivity contribution is -0.0109. The maximum Gasteiger partial charge on any atom is 0.410 e. The Morgan fingerprint density at radius 1 is 1.29 bits per heavy atom. The van der Waals surface area contributed by atoms with Crippen molar-refractivity contribution in [3.63, 3.8) is 0 Å². The maximum atomic E-state index is 11.9. The van der Waals surface area contributed by atoms with E-state index in [1.165, 1.54) is 0 Å². The molecule has 1 saturated carbocycles. The lowest BCUT2D eigenvalue weighted by Crippen LogP contribution is -2.53.